The third kappa shape index (κ3) is 3.42. The van der Waals surface area contributed by atoms with E-state index >= 15 is 0 Å². The maximum absolute atomic E-state index is 12.9. The maximum atomic E-state index is 12.9. The highest BCUT2D eigenvalue weighted by atomic mass is 16.2. The molecule has 0 aliphatic heterocycles. The molecule has 0 saturated heterocycles. The van der Waals surface area contributed by atoms with Gasteiger partial charge in [0.15, 0.2) is 6.04 Å². The predicted octanol–water partition coefficient (Wildman–Crippen LogP) is 1.06. The van der Waals surface area contributed by atoms with Gasteiger partial charge >= 0.3 is 0 Å². The molecule has 1 N–H and O–H groups in total. The molecular weight excluding hydrogens is 318 g/mol. The van der Waals surface area contributed by atoms with Crippen LogP contribution < -0.4 is 5.32 Å². The molecule has 1 amide bonds. The summed E-state index contributed by atoms with van der Waals surface area (Å²) < 4.78 is 3.55. The summed E-state index contributed by atoms with van der Waals surface area (Å²) in [7, 11) is 0. The molecule has 1 aromatic carbocycles. The Morgan fingerprint density at radius 1 is 1.24 bits per heavy atom. The Morgan fingerprint density at radius 3 is 2.72 bits per heavy atom. The van der Waals surface area contributed by atoms with E-state index in [-0.39, 0.29) is 11.3 Å². The van der Waals surface area contributed by atoms with Crippen LogP contribution in [0.3, 0.4) is 0 Å². The highest BCUT2D eigenvalue weighted by molar-refractivity contribution is 5.83. The summed E-state index contributed by atoms with van der Waals surface area (Å²) in [6.07, 6.45) is 9.22. The molecule has 1 aliphatic rings. The van der Waals surface area contributed by atoms with Crippen LogP contribution in [0.4, 0.5) is 0 Å². The van der Waals surface area contributed by atoms with Gasteiger partial charge in [-0.3, -0.25) is 4.79 Å². The average molecular weight is 337 g/mol. The minimum absolute atomic E-state index is 0.101. The number of carbonyl (C=O) groups excluding carboxylic acids is 1. The zero-order valence-electron chi connectivity index (χ0n) is 13.7. The molecule has 2 heterocycles. The topological polar surface area (TPSA) is 90.5 Å². The normalized spacial score (nSPS) is 16.3. The fraction of sp³-hybridized carbons (Fsp3) is 0.353. The average Bonchev–Trinajstić information content (AvgIpc) is 3.03. The number of imidazole rings is 1. The van der Waals surface area contributed by atoms with Crippen molar-refractivity contribution in [1.82, 2.24) is 35.1 Å². The number of nitrogens with zero attached hydrogens (tertiary/aromatic N) is 6. The lowest BCUT2D eigenvalue weighted by Crippen LogP contribution is -2.38. The second kappa shape index (κ2) is 6.46. The van der Waals surface area contributed by atoms with Gasteiger partial charge in [0, 0.05) is 30.9 Å². The monoisotopic (exact) mass is 337 g/mol. The SMILES string of the molecule is O=C(NCC1(Cn2ccnc2)CC1)C(c1ccccc1)n1cnnn1. The maximum Gasteiger partial charge on any atom is 0.249 e. The van der Waals surface area contributed by atoms with Gasteiger partial charge in [0.25, 0.3) is 0 Å². The molecule has 128 valence electrons. The van der Waals surface area contributed by atoms with Crippen LogP contribution in [0, 0.1) is 5.41 Å². The number of rotatable bonds is 7. The minimum atomic E-state index is -0.569. The van der Waals surface area contributed by atoms with Crippen LogP contribution >= 0.6 is 0 Å². The number of carbonyl (C=O) groups is 1. The third-order valence-corrected chi connectivity index (χ3v) is 4.66. The third-order valence-electron chi connectivity index (χ3n) is 4.66. The molecule has 0 spiro atoms. The number of benzene rings is 1. The second-order valence-corrected chi connectivity index (χ2v) is 6.56. The quantitative estimate of drug-likeness (QED) is 0.696. The van der Waals surface area contributed by atoms with Crippen molar-refractivity contribution in [3.8, 4) is 0 Å². The zero-order chi connectivity index (χ0) is 17.1. The number of hydrogen-bond donors (Lipinski definition) is 1. The van der Waals surface area contributed by atoms with Gasteiger partial charge in [-0.2, -0.15) is 0 Å². The van der Waals surface area contributed by atoms with Gasteiger partial charge < -0.3 is 9.88 Å². The molecule has 3 aromatic rings. The van der Waals surface area contributed by atoms with E-state index in [0.717, 1.165) is 24.9 Å². The van der Waals surface area contributed by atoms with Crippen LogP contribution in [0.25, 0.3) is 0 Å². The molecule has 8 nitrogen and oxygen atoms in total. The van der Waals surface area contributed by atoms with E-state index in [1.807, 2.05) is 42.9 Å². The number of tetrazole rings is 1. The summed E-state index contributed by atoms with van der Waals surface area (Å²) in [4.78, 5) is 17.0. The van der Waals surface area contributed by atoms with Gasteiger partial charge in [-0.05, 0) is 28.8 Å². The highest BCUT2D eigenvalue weighted by Crippen LogP contribution is 2.46. The summed E-state index contributed by atoms with van der Waals surface area (Å²) in [6, 6.07) is 8.97. The molecule has 1 aliphatic carbocycles. The summed E-state index contributed by atoms with van der Waals surface area (Å²) in [5.41, 5.74) is 0.977. The molecular formula is C17H19N7O. The van der Waals surface area contributed by atoms with Crippen LogP contribution in [-0.4, -0.2) is 42.2 Å². The lowest BCUT2D eigenvalue weighted by molar-refractivity contribution is -0.123. The predicted molar refractivity (Wildman–Crippen MR) is 89.3 cm³/mol. The molecule has 1 saturated carbocycles. The molecule has 1 fully saturated rings. The molecule has 8 heteroatoms. The van der Waals surface area contributed by atoms with Crippen molar-refractivity contribution in [3.63, 3.8) is 0 Å². The van der Waals surface area contributed by atoms with E-state index in [1.165, 1.54) is 11.0 Å². The van der Waals surface area contributed by atoms with Crippen LogP contribution in [-0.2, 0) is 11.3 Å². The number of amides is 1. The first-order chi connectivity index (χ1) is 12.3. The highest BCUT2D eigenvalue weighted by Gasteiger charge is 2.43. The van der Waals surface area contributed by atoms with Crippen molar-refractivity contribution in [2.45, 2.75) is 25.4 Å². The number of hydrogen-bond acceptors (Lipinski definition) is 5. The summed E-state index contributed by atoms with van der Waals surface area (Å²) in [6.45, 7) is 1.50. The second-order valence-electron chi connectivity index (χ2n) is 6.56. The Bertz CT molecular complexity index is 810. The van der Waals surface area contributed by atoms with Gasteiger partial charge in [-0.1, -0.05) is 30.3 Å². The van der Waals surface area contributed by atoms with E-state index in [1.54, 1.807) is 6.20 Å². The summed E-state index contributed by atoms with van der Waals surface area (Å²) >= 11 is 0. The Kier molecular flexibility index (Phi) is 4.01. The number of nitrogens with one attached hydrogen (secondary N) is 1. The first kappa shape index (κ1) is 15.5. The Hall–Kier alpha value is -3.03. The van der Waals surface area contributed by atoms with E-state index in [2.05, 4.69) is 30.4 Å². The van der Waals surface area contributed by atoms with Crippen LogP contribution in [0.1, 0.15) is 24.4 Å². The van der Waals surface area contributed by atoms with E-state index in [9.17, 15) is 4.79 Å². The van der Waals surface area contributed by atoms with Gasteiger partial charge in [0.05, 0.1) is 6.33 Å². The molecule has 1 atom stereocenters. The molecule has 25 heavy (non-hydrogen) atoms. The van der Waals surface area contributed by atoms with Gasteiger partial charge in [0.2, 0.25) is 5.91 Å². The van der Waals surface area contributed by atoms with Crippen molar-refractivity contribution >= 4 is 5.91 Å². The lowest BCUT2D eigenvalue weighted by Gasteiger charge is -2.20. The molecule has 1 unspecified atom stereocenters. The first-order valence-electron chi connectivity index (χ1n) is 8.27. The standard InChI is InChI=1S/C17H19N7O/c25-16(19-10-17(6-7-17)11-23-9-8-18-12-23)15(24-13-20-21-22-24)14-4-2-1-3-5-14/h1-5,8-9,12-13,15H,6-7,10-11H2,(H,19,25). The van der Waals surface area contributed by atoms with Crippen molar-refractivity contribution in [2.24, 2.45) is 5.41 Å². The van der Waals surface area contributed by atoms with E-state index < -0.39 is 6.04 Å². The molecule has 0 radical (unpaired) electrons. The molecule has 2 aromatic heterocycles. The van der Waals surface area contributed by atoms with Crippen molar-refractivity contribution in [1.29, 1.82) is 0 Å². The Morgan fingerprint density at radius 2 is 2.08 bits per heavy atom. The van der Waals surface area contributed by atoms with Gasteiger partial charge in [0.1, 0.15) is 6.33 Å². The fourth-order valence-corrected chi connectivity index (χ4v) is 3.05. The van der Waals surface area contributed by atoms with Gasteiger partial charge in [-0.25, -0.2) is 9.67 Å². The van der Waals surface area contributed by atoms with Crippen molar-refractivity contribution in [3.05, 3.63) is 60.9 Å². The van der Waals surface area contributed by atoms with Gasteiger partial charge in [-0.15, -0.1) is 5.10 Å². The Labute approximate surface area is 144 Å². The summed E-state index contributed by atoms with van der Waals surface area (Å²) in [5, 5.41) is 14.3. The largest absolute Gasteiger partial charge is 0.353 e. The smallest absolute Gasteiger partial charge is 0.249 e. The van der Waals surface area contributed by atoms with Crippen LogP contribution in [0.2, 0.25) is 0 Å². The zero-order valence-corrected chi connectivity index (χ0v) is 13.7. The first-order valence-corrected chi connectivity index (χ1v) is 8.27. The minimum Gasteiger partial charge on any atom is -0.353 e. The van der Waals surface area contributed by atoms with Crippen LogP contribution in [0.15, 0.2) is 55.4 Å². The molecule has 0 bridgehead atoms. The number of aromatic nitrogens is 6. The lowest BCUT2D eigenvalue weighted by atomic mass is 10.0. The van der Waals surface area contributed by atoms with E-state index in [4.69, 9.17) is 0 Å². The van der Waals surface area contributed by atoms with Crippen molar-refractivity contribution in [2.75, 3.05) is 6.54 Å². The summed E-state index contributed by atoms with van der Waals surface area (Å²) in [5.74, 6) is -0.101. The van der Waals surface area contributed by atoms with Crippen LogP contribution in [0.5, 0.6) is 0 Å². The van der Waals surface area contributed by atoms with Crippen molar-refractivity contribution < 1.29 is 4.79 Å². The molecule has 4 rings (SSSR count). The Balaban J connectivity index is 1.46. The fourth-order valence-electron chi connectivity index (χ4n) is 3.05. The van der Waals surface area contributed by atoms with E-state index in [0.29, 0.717) is 6.54 Å².